The molecule has 0 spiro atoms. The molecule has 0 aliphatic rings. The van der Waals surface area contributed by atoms with Crippen molar-refractivity contribution in [3.8, 4) is 17.0 Å². The topological polar surface area (TPSA) is 63.5 Å². The van der Waals surface area contributed by atoms with Gasteiger partial charge in [0.05, 0.1) is 5.69 Å². The van der Waals surface area contributed by atoms with Crippen LogP contribution < -0.4 is 5.73 Å². The molecule has 0 bridgehead atoms. The Labute approximate surface area is 104 Å². The highest BCUT2D eigenvalue weighted by atomic mass is 16.3. The van der Waals surface area contributed by atoms with E-state index in [9.17, 15) is 5.11 Å². The lowest BCUT2D eigenvalue weighted by Crippen LogP contribution is -1.92. The number of phenolic OH excluding ortho intramolecular Hbond substituents is 1. The minimum Gasteiger partial charge on any atom is -0.508 e. The Balaban J connectivity index is 2.30. The first kappa shape index (κ1) is 10.7. The number of nitrogens with two attached hydrogens (primary N) is 1. The van der Waals surface area contributed by atoms with Gasteiger partial charge in [0.2, 0.25) is 0 Å². The number of pyridine rings is 1. The van der Waals surface area contributed by atoms with Gasteiger partial charge in [-0.05, 0) is 42.8 Å². The van der Waals surface area contributed by atoms with Crippen LogP contribution in [0.25, 0.3) is 16.9 Å². The van der Waals surface area contributed by atoms with Crippen LogP contribution in [0.1, 0.15) is 5.56 Å². The van der Waals surface area contributed by atoms with Crippen LogP contribution in [0.2, 0.25) is 0 Å². The second kappa shape index (κ2) is 3.77. The minimum atomic E-state index is 0.238. The molecule has 0 aliphatic carbocycles. The van der Waals surface area contributed by atoms with Crippen LogP contribution in [0.5, 0.6) is 5.75 Å². The number of hydrogen-bond donors (Lipinski definition) is 2. The number of aromatic hydroxyl groups is 1. The summed E-state index contributed by atoms with van der Waals surface area (Å²) in [7, 11) is 0. The van der Waals surface area contributed by atoms with E-state index in [-0.39, 0.29) is 5.75 Å². The van der Waals surface area contributed by atoms with Crippen LogP contribution in [0.15, 0.2) is 42.6 Å². The lowest BCUT2D eigenvalue weighted by Gasteiger charge is -2.04. The number of benzene rings is 1. The smallest absolute Gasteiger partial charge is 0.150 e. The maximum absolute atomic E-state index is 9.33. The van der Waals surface area contributed by atoms with Gasteiger partial charge in [-0.3, -0.25) is 4.40 Å². The summed E-state index contributed by atoms with van der Waals surface area (Å²) in [4.78, 5) is 4.33. The van der Waals surface area contributed by atoms with Crippen molar-refractivity contribution in [3.63, 3.8) is 0 Å². The molecule has 4 nitrogen and oxygen atoms in total. The minimum absolute atomic E-state index is 0.238. The zero-order valence-electron chi connectivity index (χ0n) is 9.96. The van der Waals surface area contributed by atoms with Crippen molar-refractivity contribution in [2.45, 2.75) is 6.92 Å². The highest BCUT2D eigenvalue weighted by Crippen LogP contribution is 2.28. The van der Waals surface area contributed by atoms with Crippen LogP contribution in [-0.4, -0.2) is 14.5 Å². The van der Waals surface area contributed by atoms with Gasteiger partial charge < -0.3 is 10.8 Å². The third-order valence-corrected chi connectivity index (χ3v) is 2.93. The number of anilines is 1. The van der Waals surface area contributed by atoms with E-state index in [0.29, 0.717) is 5.82 Å². The summed E-state index contributed by atoms with van der Waals surface area (Å²) in [6.45, 7) is 2.02. The average molecular weight is 239 g/mol. The number of phenols is 1. The maximum Gasteiger partial charge on any atom is 0.150 e. The van der Waals surface area contributed by atoms with Gasteiger partial charge in [-0.15, -0.1) is 0 Å². The molecule has 3 N–H and O–H groups in total. The summed E-state index contributed by atoms with van der Waals surface area (Å²) in [6, 6.07) is 10.9. The van der Waals surface area contributed by atoms with Crippen LogP contribution in [0.3, 0.4) is 0 Å². The molecule has 3 rings (SSSR count). The largest absolute Gasteiger partial charge is 0.508 e. The van der Waals surface area contributed by atoms with Crippen LogP contribution in [-0.2, 0) is 0 Å². The molecule has 0 aliphatic heterocycles. The number of aryl methyl sites for hydroxylation is 1. The molecule has 2 heterocycles. The summed E-state index contributed by atoms with van der Waals surface area (Å²) in [5.41, 5.74) is 9.73. The highest BCUT2D eigenvalue weighted by Gasteiger charge is 2.11. The normalized spacial score (nSPS) is 10.9. The first-order valence-electron chi connectivity index (χ1n) is 5.69. The molecule has 2 aromatic heterocycles. The molecule has 1 aromatic carbocycles. The second-order valence-corrected chi connectivity index (χ2v) is 4.33. The van der Waals surface area contributed by atoms with E-state index < -0.39 is 0 Å². The van der Waals surface area contributed by atoms with Crippen molar-refractivity contribution >= 4 is 11.5 Å². The Hall–Kier alpha value is -2.49. The fraction of sp³-hybridized carbons (Fsp3) is 0.0714. The average Bonchev–Trinajstić information content (AvgIpc) is 2.66. The zero-order chi connectivity index (χ0) is 12.7. The summed E-state index contributed by atoms with van der Waals surface area (Å²) < 4.78 is 1.97. The summed E-state index contributed by atoms with van der Waals surface area (Å²) in [5, 5.41) is 9.33. The zero-order valence-corrected chi connectivity index (χ0v) is 9.96. The number of rotatable bonds is 1. The lowest BCUT2D eigenvalue weighted by molar-refractivity contribution is 0.475. The van der Waals surface area contributed by atoms with Crippen LogP contribution in [0, 0.1) is 6.92 Å². The fourth-order valence-electron chi connectivity index (χ4n) is 2.08. The third-order valence-electron chi connectivity index (χ3n) is 2.93. The van der Waals surface area contributed by atoms with E-state index in [2.05, 4.69) is 4.98 Å². The molecule has 0 saturated heterocycles. The molecular weight excluding hydrogens is 226 g/mol. The van der Waals surface area contributed by atoms with E-state index in [4.69, 9.17) is 5.73 Å². The van der Waals surface area contributed by atoms with Gasteiger partial charge in [-0.1, -0.05) is 6.07 Å². The van der Waals surface area contributed by atoms with Crippen molar-refractivity contribution in [3.05, 3.63) is 48.2 Å². The highest BCUT2D eigenvalue weighted by molar-refractivity contribution is 5.75. The van der Waals surface area contributed by atoms with Crippen molar-refractivity contribution < 1.29 is 5.11 Å². The molecule has 90 valence electrons. The molecule has 0 atom stereocenters. The predicted molar refractivity (Wildman–Crippen MR) is 71.4 cm³/mol. The molecular formula is C14H13N3O. The monoisotopic (exact) mass is 239 g/mol. The molecule has 0 radical (unpaired) electrons. The molecule has 0 unspecified atom stereocenters. The fourth-order valence-corrected chi connectivity index (χ4v) is 2.08. The quantitative estimate of drug-likeness (QED) is 0.686. The SMILES string of the molecule is Cc1ccc2nc(N)c(-c3ccc(O)cc3)n2c1. The van der Waals surface area contributed by atoms with Crippen molar-refractivity contribution in [1.29, 1.82) is 0 Å². The number of fused-ring (bicyclic) bond motifs is 1. The lowest BCUT2D eigenvalue weighted by atomic mass is 10.1. The number of imidazole rings is 1. The van der Waals surface area contributed by atoms with E-state index in [1.165, 1.54) is 0 Å². The molecule has 0 saturated carbocycles. The summed E-state index contributed by atoms with van der Waals surface area (Å²) >= 11 is 0. The van der Waals surface area contributed by atoms with Crippen molar-refractivity contribution in [2.75, 3.05) is 5.73 Å². The molecule has 4 heteroatoms. The number of aromatic nitrogens is 2. The Bertz CT molecular complexity index is 714. The van der Waals surface area contributed by atoms with E-state index >= 15 is 0 Å². The summed E-state index contributed by atoms with van der Waals surface area (Å²) in [6.07, 6.45) is 2.00. The number of nitrogen functional groups attached to an aromatic ring is 1. The van der Waals surface area contributed by atoms with Gasteiger partial charge in [-0.2, -0.15) is 0 Å². The number of hydrogen-bond acceptors (Lipinski definition) is 3. The van der Waals surface area contributed by atoms with Crippen molar-refractivity contribution in [1.82, 2.24) is 9.38 Å². The van der Waals surface area contributed by atoms with Gasteiger partial charge >= 0.3 is 0 Å². The van der Waals surface area contributed by atoms with Gasteiger partial charge in [-0.25, -0.2) is 4.98 Å². The van der Waals surface area contributed by atoms with E-state index in [1.54, 1.807) is 12.1 Å². The second-order valence-electron chi connectivity index (χ2n) is 4.33. The van der Waals surface area contributed by atoms with Gasteiger partial charge in [0.25, 0.3) is 0 Å². The Kier molecular flexibility index (Phi) is 2.23. The van der Waals surface area contributed by atoms with Gasteiger partial charge in [0, 0.05) is 11.8 Å². The van der Waals surface area contributed by atoms with Crippen LogP contribution >= 0.6 is 0 Å². The molecule has 0 amide bonds. The molecule has 18 heavy (non-hydrogen) atoms. The van der Waals surface area contributed by atoms with E-state index in [1.807, 2.05) is 41.8 Å². The number of nitrogens with zero attached hydrogens (tertiary/aromatic N) is 2. The predicted octanol–water partition coefficient (Wildman–Crippen LogP) is 2.60. The first-order valence-corrected chi connectivity index (χ1v) is 5.69. The standard InChI is InChI=1S/C14H13N3O/c1-9-2-7-12-16-14(15)13(17(12)8-9)10-3-5-11(18)6-4-10/h2-8,18H,15H2,1H3. The molecule has 3 aromatic rings. The van der Waals surface area contributed by atoms with Crippen LogP contribution in [0.4, 0.5) is 5.82 Å². The van der Waals surface area contributed by atoms with Gasteiger partial charge in [0.15, 0.2) is 5.82 Å². The Morgan fingerprint density at radius 2 is 1.83 bits per heavy atom. The maximum atomic E-state index is 9.33. The Morgan fingerprint density at radius 3 is 2.56 bits per heavy atom. The third kappa shape index (κ3) is 1.59. The van der Waals surface area contributed by atoms with Gasteiger partial charge in [0.1, 0.15) is 11.4 Å². The summed E-state index contributed by atoms with van der Waals surface area (Å²) in [5.74, 6) is 0.730. The molecule has 0 fully saturated rings. The van der Waals surface area contributed by atoms with Crippen molar-refractivity contribution in [2.24, 2.45) is 0 Å². The Morgan fingerprint density at radius 1 is 1.11 bits per heavy atom. The van der Waals surface area contributed by atoms with E-state index in [0.717, 1.165) is 22.5 Å². The first-order chi connectivity index (χ1) is 8.65.